The van der Waals surface area contributed by atoms with Gasteiger partial charge in [-0.3, -0.25) is 0 Å². The molecule has 0 spiro atoms. The molecule has 0 heterocycles. The van der Waals surface area contributed by atoms with Crippen LogP contribution in [0.25, 0.3) is 0 Å². The predicted molar refractivity (Wildman–Crippen MR) is 17.1 cm³/mol. The first-order valence-corrected chi connectivity index (χ1v) is 5.20. The summed E-state index contributed by atoms with van der Waals surface area (Å²) in [4.78, 5) is 0. The Morgan fingerprint density at radius 3 is 1.20 bits per heavy atom. The summed E-state index contributed by atoms with van der Waals surface area (Å²) in [6.45, 7) is 0. The molecule has 5 heavy (non-hydrogen) atoms. The van der Waals surface area contributed by atoms with E-state index in [1.165, 1.54) is 0 Å². The van der Waals surface area contributed by atoms with Crippen LogP contribution in [0.4, 0.5) is 0 Å². The van der Waals surface area contributed by atoms with Gasteiger partial charge in [-0.25, -0.2) is 0 Å². The molecule has 0 aliphatic carbocycles. The SMILES string of the molecule is [BH2][GaH2].[Co].[Fe].[Nd]. The first-order chi connectivity index (χ1) is 1.00. The van der Waals surface area contributed by atoms with E-state index in [-0.39, 0.29) is 74.7 Å². The maximum Gasteiger partial charge on any atom is 0 e. The standard InChI is InChI=1S/BH2.Co.Fe.Ga.Nd.2H/h1H2;;;;;;/q+1;;;-1;;;. The summed E-state index contributed by atoms with van der Waals surface area (Å²) < 4.78 is 0. The van der Waals surface area contributed by atoms with Gasteiger partial charge in [-0.15, -0.1) is 0 Å². The van der Waals surface area contributed by atoms with Gasteiger partial charge in [0.2, 0.25) is 0 Å². The van der Waals surface area contributed by atoms with E-state index >= 15 is 0 Å². The molecule has 0 saturated heterocycles. The number of hydrogen-bond donors (Lipinski definition) is 0. The monoisotopic (exact) mass is 341 g/mol. The van der Waals surface area contributed by atoms with E-state index in [9.17, 15) is 0 Å². The molecule has 0 bridgehead atoms. The quantitative estimate of drug-likeness (QED) is 0.454. The van der Waals surface area contributed by atoms with Crippen LogP contribution < -0.4 is 0 Å². The number of rotatable bonds is 0. The van der Waals surface area contributed by atoms with E-state index in [0.717, 1.165) is 18.4 Å². The third kappa shape index (κ3) is 19.3. The normalized spacial score (nSPS) is 0.800. The number of hydrogen-bond acceptors (Lipinski definition) is 0. The van der Waals surface area contributed by atoms with Crippen molar-refractivity contribution < 1.29 is 74.7 Å². The molecule has 0 atom stereocenters. The minimum atomic E-state index is 0. The summed E-state index contributed by atoms with van der Waals surface area (Å²) in [5.74, 6) is 0. The van der Waals surface area contributed by atoms with Crippen LogP contribution in [0.3, 0.4) is 0 Å². The molecule has 31 valence electrons. The van der Waals surface area contributed by atoms with Crippen LogP contribution >= 0.6 is 0 Å². The molecule has 0 amide bonds. The zero-order valence-corrected chi connectivity index (χ0v) is 12.7. The molecule has 0 aromatic carbocycles. The fraction of sp³-hybridized carbons (Fsp3) is 0. The third-order valence-electron chi connectivity index (χ3n) is 0. The summed E-state index contributed by atoms with van der Waals surface area (Å²) in [7, 11) is 0. The molecule has 5 heteroatoms. The fourth-order valence-electron chi connectivity index (χ4n) is 0. The second-order valence-electron chi connectivity index (χ2n) is 0. The molecule has 0 rings (SSSR count). The van der Waals surface area contributed by atoms with E-state index in [1.54, 1.807) is 0 Å². The van der Waals surface area contributed by atoms with Crippen molar-refractivity contribution in [2.24, 2.45) is 0 Å². The van der Waals surface area contributed by atoms with Crippen molar-refractivity contribution in [1.29, 1.82) is 0 Å². The topological polar surface area (TPSA) is 0 Å². The van der Waals surface area contributed by atoms with Gasteiger partial charge >= 0.3 is 24.7 Å². The van der Waals surface area contributed by atoms with Gasteiger partial charge in [0.05, 0.1) is 0 Å². The predicted octanol–water partition coefficient (Wildman–Crippen LogP) is -1.84. The van der Waals surface area contributed by atoms with E-state index in [2.05, 4.69) is 6.29 Å². The molecule has 0 N–H and O–H groups in total. The molecule has 0 unspecified atom stereocenters. The zero-order valence-electron chi connectivity index (χ0n) is 3.19. The van der Waals surface area contributed by atoms with Crippen molar-refractivity contribution in [3.8, 4) is 0 Å². The van der Waals surface area contributed by atoms with Gasteiger partial charge in [0.15, 0.2) is 0 Å². The van der Waals surface area contributed by atoms with Gasteiger partial charge in [0, 0.05) is 74.7 Å². The molecule has 0 aliphatic heterocycles. The molecular weight excluding hydrogens is 340 g/mol. The molecule has 1 radical (unpaired) electrons. The van der Waals surface area contributed by atoms with Crippen LogP contribution in [0.2, 0.25) is 0 Å². The maximum atomic E-state index is 2.19. The Hall–Kier alpha value is 3.08. The summed E-state index contributed by atoms with van der Waals surface area (Å²) in [6, 6.07) is 0. The summed E-state index contributed by atoms with van der Waals surface area (Å²) in [6.07, 6.45) is 2.19. The molecule has 0 aliphatic rings. The minimum absolute atomic E-state index is 0. The van der Waals surface area contributed by atoms with Gasteiger partial charge in [-0.1, -0.05) is 0 Å². The van der Waals surface area contributed by atoms with Crippen molar-refractivity contribution in [2.75, 3.05) is 0 Å². The van der Waals surface area contributed by atoms with Crippen LogP contribution in [0, 0.1) is 40.8 Å². The Morgan fingerprint density at radius 2 is 1.20 bits per heavy atom. The van der Waals surface area contributed by atoms with Gasteiger partial charge < -0.3 is 0 Å². The largest absolute Gasteiger partial charge is 0 e. The Balaban J connectivity index is -0.00000000167. The third-order valence-corrected chi connectivity index (χ3v) is 0. The second kappa shape index (κ2) is 27.6. The first-order valence-electron chi connectivity index (χ1n) is 1.00. The maximum absolute atomic E-state index is 2.19. The molecule has 0 aromatic heterocycles. The van der Waals surface area contributed by atoms with Gasteiger partial charge in [0.1, 0.15) is 0 Å². The fourth-order valence-corrected chi connectivity index (χ4v) is 0. The van der Waals surface area contributed by atoms with E-state index in [1.807, 2.05) is 0 Å². The zero-order chi connectivity index (χ0) is 2.00. The van der Waals surface area contributed by atoms with Crippen molar-refractivity contribution in [3.63, 3.8) is 0 Å². The Kier molecular flexibility index (Phi) is 134. The van der Waals surface area contributed by atoms with Crippen LogP contribution in [-0.4, -0.2) is 24.7 Å². The van der Waals surface area contributed by atoms with E-state index in [4.69, 9.17) is 0 Å². The van der Waals surface area contributed by atoms with Crippen LogP contribution in [0.15, 0.2) is 0 Å². The van der Waals surface area contributed by atoms with Crippen molar-refractivity contribution >= 4 is 24.7 Å². The van der Waals surface area contributed by atoms with Crippen molar-refractivity contribution in [3.05, 3.63) is 0 Å². The molecule has 0 fully saturated rings. The van der Waals surface area contributed by atoms with Crippen molar-refractivity contribution in [2.45, 2.75) is 0 Å². The summed E-state index contributed by atoms with van der Waals surface area (Å²) in [5.41, 5.74) is 0. The molecule has 0 saturated carbocycles. The van der Waals surface area contributed by atoms with Gasteiger partial charge in [-0.2, -0.15) is 0 Å². The Labute approximate surface area is 97.3 Å². The van der Waals surface area contributed by atoms with Gasteiger partial charge in [-0.05, 0) is 0 Å². The molecule has 0 aromatic rings. The second-order valence-corrected chi connectivity index (χ2v) is 0. The van der Waals surface area contributed by atoms with E-state index in [0.29, 0.717) is 0 Å². The van der Waals surface area contributed by atoms with E-state index < -0.39 is 0 Å². The van der Waals surface area contributed by atoms with Crippen LogP contribution in [-0.2, 0) is 33.8 Å². The minimum Gasteiger partial charge on any atom is 0 e. The Bertz CT molecular complexity index is 11.6. The Morgan fingerprint density at radius 1 is 1.20 bits per heavy atom. The van der Waals surface area contributed by atoms with Gasteiger partial charge in [0.25, 0.3) is 0 Å². The molecular formula is H4BCoFeGaNd. The molecule has 0 nitrogen and oxygen atoms in total. The first kappa shape index (κ1) is 24.3. The van der Waals surface area contributed by atoms with Crippen LogP contribution in [0.1, 0.15) is 0 Å². The average Bonchev–Trinajstić information content (AvgIpc) is 1.00. The summed E-state index contributed by atoms with van der Waals surface area (Å²) in [5, 5.41) is 0. The van der Waals surface area contributed by atoms with Crippen molar-refractivity contribution in [1.82, 2.24) is 0 Å². The summed E-state index contributed by atoms with van der Waals surface area (Å²) >= 11 is 1.06. The smallest absolute Gasteiger partial charge is 0 e. The van der Waals surface area contributed by atoms with Crippen LogP contribution in [0.5, 0.6) is 0 Å². The average molecular weight is 344 g/mol.